The summed E-state index contributed by atoms with van der Waals surface area (Å²) < 4.78 is 45.6. The molecule has 1 heterocycles. The van der Waals surface area contributed by atoms with E-state index in [1.54, 1.807) is 33.8 Å². The van der Waals surface area contributed by atoms with Gasteiger partial charge >= 0.3 is 6.09 Å². The molecule has 1 aromatic rings. The average molecular weight is 372 g/mol. The molecule has 0 aliphatic carbocycles. The third-order valence-corrected chi connectivity index (χ3v) is 5.70. The second-order valence-electron chi connectivity index (χ2n) is 7.23. The molecule has 1 saturated heterocycles. The molecular formula is C17H25FN2O4S. The number of ether oxygens (including phenoxy) is 1. The molecular weight excluding hydrogens is 347 g/mol. The van der Waals surface area contributed by atoms with Gasteiger partial charge in [0.15, 0.2) is 0 Å². The lowest BCUT2D eigenvalue weighted by molar-refractivity contribution is 0.00857. The van der Waals surface area contributed by atoms with E-state index < -0.39 is 33.3 Å². The molecule has 1 aliphatic heterocycles. The molecule has 1 aliphatic rings. The maximum Gasteiger partial charge on any atom is 0.410 e. The van der Waals surface area contributed by atoms with Crippen LogP contribution < -0.4 is 0 Å². The summed E-state index contributed by atoms with van der Waals surface area (Å²) in [6.07, 6.45) is -0.453. The highest BCUT2D eigenvalue weighted by molar-refractivity contribution is 7.88. The van der Waals surface area contributed by atoms with Gasteiger partial charge in [0.25, 0.3) is 0 Å². The van der Waals surface area contributed by atoms with E-state index >= 15 is 0 Å². The summed E-state index contributed by atoms with van der Waals surface area (Å²) in [5.74, 6) is -0.926. The zero-order valence-electron chi connectivity index (χ0n) is 15.0. The smallest absolute Gasteiger partial charge is 0.410 e. The zero-order chi connectivity index (χ0) is 18.8. The van der Waals surface area contributed by atoms with E-state index in [2.05, 4.69) is 0 Å². The topological polar surface area (TPSA) is 66.9 Å². The van der Waals surface area contributed by atoms with Crippen LogP contribution >= 0.6 is 0 Å². The number of amides is 1. The number of piperazine rings is 1. The van der Waals surface area contributed by atoms with Gasteiger partial charge in [-0.3, -0.25) is 0 Å². The minimum atomic E-state index is -3.66. The number of carbonyl (C=O) groups is 1. The molecule has 0 aromatic heterocycles. The molecule has 0 N–H and O–H groups in total. The van der Waals surface area contributed by atoms with Crippen LogP contribution in [0.25, 0.3) is 0 Å². The number of rotatable bonds is 3. The summed E-state index contributed by atoms with van der Waals surface area (Å²) in [7, 11) is -3.66. The van der Waals surface area contributed by atoms with Crippen molar-refractivity contribution in [2.45, 2.75) is 45.1 Å². The first-order valence-electron chi connectivity index (χ1n) is 8.20. The highest BCUT2D eigenvalue weighted by atomic mass is 32.2. The van der Waals surface area contributed by atoms with Gasteiger partial charge in [0.2, 0.25) is 10.0 Å². The Morgan fingerprint density at radius 1 is 1.28 bits per heavy atom. The molecule has 1 aromatic carbocycles. The first-order chi connectivity index (χ1) is 11.5. The minimum Gasteiger partial charge on any atom is -0.444 e. The summed E-state index contributed by atoms with van der Waals surface area (Å²) in [5.41, 5.74) is -0.463. The van der Waals surface area contributed by atoms with Crippen LogP contribution in [0.4, 0.5) is 9.18 Å². The van der Waals surface area contributed by atoms with Crippen molar-refractivity contribution in [3.05, 3.63) is 35.6 Å². The van der Waals surface area contributed by atoms with Crippen molar-refractivity contribution in [2.75, 3.05) is 19.6 Å². The fraction of sp³-hybridized carbons (Fsp3) is 0.588. The Morgan fingerprint density at radius 3 is 2.48 bits per heavy atom. The molecule has 0 spiro atoms. The van der Waals surface area contributed by atoms with Gasteiger partial charge in [0.1, 0.15) is 11.4 Å². The van der Waals surface area contributed by atoms with Crippen LogP contribution in [0.1, 0.15) is 33.3 Å². The van der Waals surface area contributed by atoms with Crippen LogP contribution in [0.2, 0.25) is 0 Å². The van der Waals surface area contributed by atoms with E-state index in [1.807, 2.05) is 0 Å². The van der Waals surface area contributed by atoms with Crippen LogP contribution in [-0.2, 0) is 20.5 Å². The maximum absolute atomic E-state index is 13.7. The number of hydrogen-bond acceptors (Lipinski definition) is 4. The number of halogens is 1. The summed E-state index contributed by atoms with van der Waals surface area (Å²) in [6, 6.07) is 5.52. The second-order valence-corrected chi connectivity index (χ2v) is 9.20. The number of nitrogens with zero attached hydrogens (tertiary/aromatic N) is 2. The van der Waals surface area contributed by atoms with E-state index in [0.29, 0.717) is 0 Å². The number of sulfonamides is 1. The van der Waals surface area contributed by atoms with Gasteiger partial charge in [-0.15, -0.1) is 0 Å². The molecule has 140 valence electrons. The van der Waals surface area contributed by atoms with Crippen molar-refractivity contribution in [3.63, 3.8) is 0 Å². The maximum atomic E-state index is 13.7. The van der Waals surface area contributed by atoms with Gasteiger partial charge in [-0.25, -0.2) is 17.6 Å². The van der Waals surface area contributed by atoms with Crippen LogP contribution in [0.15, 0.2) is 24.3 Å². The molecule has 8 heteroatoms. The number of hydrogen-bond donors (Lipinski definition) is 0. The Morgan fingerprint density at radius 2 is 1.92 bits per heavy atom. The van der Waals surface area contributed by atoms with Gasteiger partial charge in [-0.1, -0.05) is 18.2 Å². The summed E-state index contributed by atoms with van der Waals surface area (Å²) in [6.45, 7) is 7.69. The highest BCUT2D eigenvalue weighted by Gasteiger charge is 2.35. The molecule has 25 heavy (non-hydrogen) atoms. The van der Waals surface area contributed by atoms with Crippen molar-refractivity contribution in [3.8, 4) is 0 Å². The van der Waals surface area contributed by atoms with E-state index in [0.717, 1.165) is 0 Å². The third kappa shape index (κ3) is 5.15. The predicted octanol–water partition coefficient (Wildman–Crippen LogP) is 2.60. The molecule has 0 saturated carbocycles. The Hall–Kier alpha value is -1.67. The molecule has 0 bridgehead atoms. The second kappa shape index (κ2) is 7.29. The fourth-order valence-electron chi connectivity index (χ4n) is 2.67. The van der Waals surface area contributed by atoms with Crippen molar-refractivity contribution < 1.29 is 22.3 Å². The zero-order valence-corrected chi connectivity index (χ0v) is 15.8. The molecule has 0 unspecified atom stereocenters. The lowest BCUT2D eigenvalue weighted by Crippen LogP contribution is -2.56. The van der Waals surface area contributed by atoms with E-state index in [9.17, 15) is 17.6 Å². The van der Waals surface area contributed by atoms with E-state index in [-0.39, 0.29) is 31.2 Å². The molecule has 2 rings (SSSR count). The molecule has 1 fully saturated rings. The third-order valence-electron chi connectivity index (χ3n) is 3.91. The SMILES string of the molecule is C[C@@H]1CN(S(=O)(=O)Cc2ccccc2F)CCN1C(=O)OC(C)(C)C. The number of carbonyl (C=O) groups excluding carboxylic acids is 1. The largest absolute Gasteiger partial charge is 0.444 e. The summed E-state index contributed by atoms with van der Waals surface area (Å²) in [5, 5.41) is 0. The van der Waals surface area contributed by atoms with Crippen molar-refractivity contribution in [1.29, 1.82) is 0 Å². The molecule has 1 amide bonds. The summed E-state index contributed by atoms with van der Waals surface area (Å²) >= 11 is 0. The van der Waals surface area contributed by atoms with Crippen LogP contribution in [-0.4, -0.2) is 55.0 Å². The standard InChI is InChI=1S/C17H25FN2O4S/c1-13-11-19(9-10-20(13)16(21)24-17(2,3)4)25(22,23)12-14-7-5-6-8-15(14)18/h5-8,13H,9-12H2,1-4H3/t13-/m1/s1. The fourth-order valence-corrected chi connectivity index (χ4v) is 4.28. The Labute approximate surface area is 148 Å². The van der Waals surface area contributed by atoms with Gasteiger partial charge in [0.05, 0.1) is 5.75 Å². The van der Waals surface area contributed by atoms with Gasteiger partial charge in [-0.2, -0.15) is 4.31 Å². The molecule has 1 atom stereocenters. The van der Waals surface area contributed by atoms with Crippen molar-refractivity contribution >= 4 is 16.1 Å². The first kappa shape index (κ1) is 19.7. The molecule has 0 radical (unpaired) electrons. The Balaban J connectivity index is 2.04. The predicted molar refractivity (Wildman–Crippen MR) is 93.0 cm³/mol. The summed E-state index contributed by atoms with van der Waals surface area (Å²) in [4.78, 5) is 13.7. The van der Waals surface area contributed by atoms with Gasteiger partial charge in [0, 0.05) is 31.2 Å². The van der Waals surface area contributed by atoms with Crippen LogP contribution in [0.3, 0.4) is 0 Å². The molecule has 6 nitrogen and oxygen atoms in total. The van der Waals surface area contributed by atoms with Crippen molar-refractivity contribution in [1.82, 2.24) is 9.21 Å². The Bertz CT molecular complexity index is 730. The van der Waals surface area contributed by atoms with Gasteiger partial charge < -0.3 is 9.64 Å². The monoisotopic (exact) mass is 372 g/mol. The van der Waals surface area contributed by atoms with Gasteiger partial charge in [-0.05, 0) is 33.8 Å². The first-order valence-corrected chi connectivity index (χ1v) is 9.81. The van der Waals surface area contributed by atoms with E-state index in [4.69, 9.17) is 4.74 Å². The highest BCUT2D eigenvalue weighted by Crippen LogP contribution is 2.20. The van der Waals surface area contributed by atoms with Crippen LogP contribution in [0.5, 0.6) is 0 Å². The normalized spacial score (nSPS) is 19.7. The van der Waals surface area contributed by atoms with Crippen LogP contribution in [0, 0.1) is 5.82 Å². The van der Waals surface area contributed by atoms with Crippen molar-refractivity contribution in [2.24, 2.45) is 0 Å². The Kier molecular flexibility index (Phi) is 5.73. The minimum absolute atomic E-state index is 0.143. The lowest BCUT2D eigenvalue weighted by atomic mass is 10.2. The lowest BCUT2D eigenvalue weighted by Gasteiger charge is -2.39. The average Bonchev–Trinajstić information content (AvgIpc) is 2.47. The van der Waals surface area contributed by atoms with E-state index in [1.165, 1.54) is 27.4 Å². The quantitative estimate of drug-likeness (QED) is 0.818. The number of benzene rings is 1.